The summed E-state index contributed by atoms with van der Waals surface area (Å²) >= 11 is 7.28. The van der Waals surface area contributed by atoms with Gasteiger partial charge in [-0.3, -0.25) is 5.32 Å². The summed E-state index contributed by atoms with van der Waals surface area (Å²) < 4.78 is 9.50. The second-order valence-electron chi connectivity index (χ2n) is 2.76. The van der Waals surface area contributed by atoms with E-state index in [2.05, 4.69) is 14.4 Å². The third-order valence-corrected chi connectivity index (χ3v) is 2.98. The first-order valence-corrected chi connectivity index (χ1v) is 5.26. The van der Waals surface area contributed by atoms with E-state index in [1.54, 1.807) is 6.07 Å². The van der Waals surface area contributed by atoms with Gasteiger partial charge in [-0.1, -0.05) is 17.7 Å². The van der Waals surface area contributed by atoms with E-state index in [0.717, 1.165) is 10.1 Å². The van der Waals surface area contributed by atoms with E-state index in [4.69, 9.17) is 11.6 Å². The van der Waals surface area contributed by atoms with E-state index < -0.39 is 6.09 Å². The third kappa shape index (κ3) is 1.88. The highest BCUT2D eigenvalue weighted by Gasteiger charge is 2.11. The molecule has 0 radical (unpaired) electrons. The van der Waals surface area contributed by atoms with Crippen LogP contribution in [-0.2, 0) is 4.74 Å². The second-order valence-corrected chi connectivity index (χ2v) is 3.97. The number of fused-ring (bicyclic) bond motifs is 1. The first-order valence-electron chi connectivity index (χ1n) is 4.11. The van der Waals surface area contributed by atoms with Crippen molar-refractivity contribution in [3.05, 3.63) is 23.2 Å². The molecular weight excluding hydrogens is 236 g/mol. The molecule has 0 saturated heterocycles. The number of hydrogen-bond donors (Lipinski definition) is 1. The van der Waals surface area contributed by atoms with Gasteiger partial charge in [0.05, 0.1) is 22.2 Å². The van der Waals surface area contributed by atoms with Crippen LogP contribution in [-0.4, -0.2) is 17.6 Å². The molecule has 0 spiro atoms. The van der Waals surface area contributed by atoms with Gasteiger partial charge in [0.15, 0.2) is 5.82 Å². The maximum atomic E-state index is 11.0. The Morgan fingerprint density at radius 2 is 2.40 bits per heavy atom. The lowest BCUT2D eigenvalue weighted by molar-refractivity contribution is 0.187. The van der Waals surface area contributed by atoms with E-state index in [1.165, 1.54) is 18.6 Å². The van der Waals surface area contributed by atoms with Crippen LogP contribution in [0, 0.1) is 0 Å². The molecule has 78 valence electrons. The van der Waals surface area contributed by atoms with Gasteiger partial charge in [0.2, 0.25) is 0 Å². The van der Waals surface area contributed by atoms with Crippen molar-refractivity contribution < 1.29 is 9.53 Å². The maximum Gasteiger partial charge on any atom is 0.412 e. The Kier molecular flexibility index (Phi) is 2.75. The number of aromatic nitrogens is 1. The van der Waals surface area contributed by atoms with E-state index in [9.17, 15) is 4.79 Å². The lowest BCUT2D eigenvalue weighted by Gasteiger charge is -2.00. The molecule has 4 nitrogen and oxygen atoms in total. The number of hydrogen-bond acceptors (Lipinski definition) is 4. The van der Waals surface area contributed by atoms with Crippen LogP contribution in [0.3, 0.4) is 0 Å². The van der Waals surface area contributed by atoms with Gasteiger partial charge in [-0.15, -0.1) is 0 Å². The van der Waals surface area contributed by atoms with Crippen LogP contribution in [0.5, 0.6) is 0 Å². The molecule has 2 aromatic rings. The van der Waals surface area contributed by atoms with Crippen molar-refractivity contribution in [1.82, 2.24) is 4.37 Å². The molecular formula is C9H7ClN2O2S. The fraction of sp³-hybridized carbons (Fsp3) is 0.111. The first kappa shape index (κ1) is 10.2. The highest BCUT2D eigenvalue weighted by molar-refractivity contribution is 7.13. The van der Waals surface area contributed by atoms with Crippen LogP contribution in [0.1, 0.15) is 0 Å². The van der Waals surface area contributed by atoms with E-state index in [0.29, 0.717) is 10.8 Å². The Balaban J connectivity index is 2.48. The number of halogens is 1. The predicted octanol–water partition coefficient (Wildman–Crippen LogP) is 3.13. The number of anilines is 1. The minimum atomic E-state index is -0.554. The van der Waals surface area contributed by atoms with Gasteiger partial charge in [0.25, 0.3) is 0 Å². The quantitative estimate of drug-likeness (QED) is 0.836. The van der Waals surface area contributed by atoms with Crippen LogP contribution in [0.4, 0.5) is 10.6 Å². The molecule has 15 heavy (non-hydrogen) atoms. The Bertz CT molecular complexity index is 512. The lowest BCUT2D eigenvalue weighted by Crippen LogP contribution is -2.11. The van der Waals surface area contributed by atoms with Crippen molar-refractivity contribution in [2.24, 2.45) is 0 Å². The largest absolute Gasteiger partial charge is 0.453 e. The second kappa shape index (κ2) is 4.04. The summed E-state index contributed by atoms with van der Waals surface area (Å²) in [6, 6.07) is 5.48. The summed E-state index contributed by atoms with van der Waals surface area (Å²) in [7, 11) is 1.30. The molecule has 1 amide bonds. The smallest absolute Gasteiger partial charge is 0.412 e. The minimum Gasteiger partial charge on any atom is -0.453 e. The zero-order valence-corrected chi connectivity index (χ0v) is 9.35. The summed E-state index contributed by atoms with van der Waals surface area (Å²) in [5.74, 6) is 0.437. The Morgan fingerprint density at radius 1 is 1.60 bits per heavy atom. The van der Waals surface area contributed by atoms with Gasteiger partial charge in [-0.25, -0.2) is 4.79 Å². The van der Waals surface area contributed by atoms with Gasteiger partial charge in [0, 0.05) is 0 Å². The average Bonchev–Trinajstić information content (AvgIpc) is 2.63. The summed E-state index contributed by atoms with van der Waals surface area (Å²) in [5, 5.41) is 3.82. The average molecular weight is 243 g/mol. The molecule has 0 aliphatic heterocycles. The molecule has 2 rings (SSSR count). The summed E-state index contributed by atoms with van der Waals surface area (Å²) in [6.07, 6.45) is -0.554. The number of ether oxygens (including phenoxy) is 1. The standard InChI is InChI=1S/C9H7ClN2O2S/c1-14-9(13)11-8-7-5(10)3-2-4-6(7)15-12-8/h2-4H,1H3,(H,11,12,13). The molecule has 1 aromatic heterocycles. The number of nitrogens with zero attached hydrogens (tertiary/aromatic N) is 1. The van der Waals surface area contributed by atoms with Crippen molar-refractivity contribution in [3.8, 4) is 0 Å². The number of carbonyl (C=O) groups is 1. The number of rotatable bonds is 1. The fourth-order valence-electron chi connectivity index (χ4n) is 1.18. The van der Waals surface area contributed by atoms with Crippen LogP contribution in [0.15, 0.2) is 18.2 Å². The molecule has 0 unspecified atom stereocenters. The Labute approximate surface area is 95.0 Å². The number of nitrogens with one attached hydrogen (secondary N) is 1. The lowest BCUT2D eigenvalue weighted by atomic mass is 10.2. The number of carbonyl (C=O) groups excluding carboxylic acids is 1. The van der Waals surface area contributed by atoms with Gasteiger partial charge in [0.1, 0.15) is 0 Å². The van der Waals surface area contributed by atoms with Gasteiger partial charge < -0.3 is 4.74 Å². The molecule has 0 atom stereocenters. The SMILES string of the molecule is COC(=O)Nc1nsc2cccc(Cl)c12. The Morgan fingerprint density at radius 3 is 3.13 bits per heavy atom. The summed E-state index contributed by atoms with van der Waals surface area (Å²) in [4.78, 5) is 11.0. The van der Waals surface area contributed by atoms with Gasteiger partial charge in [-0.05, 0) is 23.7 Å². The molecule has 0 saturated carbocycles. The monoisotopic (exact) mass is 242 g/mol. The molecule has 6 heteroatoms. The van der Waals surface area contributed by atoms with E-state index >= 15 is 0 Å². The highest BCUT2D eigenvalue weighted by Crippen LogP contribution is 2.32. The van der Waals surface area contributed by atoms with Crippen molar-refractivity contribution >= 4 is 45.1 Å². The third-order valence-electron chi connectivity index (χ3n) is 1.85. The number of amides is 1. The molecule has 0 bridgehead atoms. The maximum absolute atomic E-state index is 11.0. The van der Waals surface area contributed by atoms with Gasteiger partial charge in [-0.2, -0.15) is 4.37 Å². The van der Waals surface area contributed by atoms with E-state index in [1.807, 2.05) is 12.1 Å². The van der Waals surface area contributed by atoms with Crippen molar-refractivity contribution in [2.75, 3.05) is 12.4 Å². The van der Waals surface area contributed by atoms with Crippen LogP contribution >= 0.6 is 23.1 Å². The normalized spacial score (nSPS) is 10.3. The molecule has 1 aromatic carbocycles. The minimum absolute atomic E-state index is 0.437. The first-order chi connectivity index (χ1) is 7.22. The summed E-state index contributed by atoms with van der Waals surface area (Å²) in [5.41, 5.74) is 0. The van der Waals surface area contributed by atoms with Crippen molar-refractivity contribution in [3.63, 3.8) is 0 Å². The van der Waals surface area contributed by atoms with Crippen molar-refractivity contribution in [2.45, 2.75) is 0 Å². The molecule has 0 fully saturated rings. The zero-order valence-electron chi connectivity index (χ0n) is 7.78. The topological polar surface area (TPSA) is 51.2 Å². The molecule has 0 aliphatic rings. The van der Waals surface area contributed by atoms with Crippen LogP contribution in [0.2, 0.25) is 5.02 Å². The van der Waals surface area contributed by atoms with E-state index in [-0.39, 0.29) is 0 Å². The molecule has 1 N–H and O–H groups in total. The van der Waals surface area contributed by atoms with Crippen LogP contribution < -0.4 is 5.32 Å². The predicted molar refractivity (Wildman–Crippen MR) is 60.7 cm³/mol. The fourth-order valence-corrected chi connectivity index (χ4v) is 2.27. The van der Waals surface area contributed by atoms with Crippen molar-refractivity contribution in [1.29, 1.82) is 0 Å². The zero-order chi connectivity index (χ0) is 10.8. The number of methoxy groups -OCH3 is 1. The highest BCUT2D eigenvalue weighted by atomic mass is 35.5. The number of benzene rings is 1. The summed E-state index contributed by atoms with van der Waals surface area (Å²) in [6.45, 7) is 0. The molecule has 0 aliphatic carbocycles. The Hall–Kier alpha value is -1.33. The molecule has 1 heterocycles. The van der Waals surface area contributed by atoms with Gasteiger partial charge >= 0.3 is 6.09 Å². The van der Waals surface area contributed by atoms with Crippen LogP contribution in [0.25, 0.3) is 10.1 Å².